The highest BCUT2D eigenvalue weighted by molar-refractivity contribution is 5.64. The molecular formula is C14H12. The van der Waals surface area contributed by atoms with E-state index in [-0.39, 0.29) is 0 Å². The average molecular weight is 180 g/mol. The molecule has 0 spiro atoms. The molecule has 0 amide bonds. The summed E-state index contributed by atoms with van der Waals surface area (Å²) < 4.78 is 0. The van der Waals surface area contributed by atoms with Crippen molar-refractivity contribution in [3.05, 3.63) is 45.8 Å². The smallest absolute Gasteiger partial charge is 0.0157 e. The number of rotatable bonds is 0. The normalized spacial score (nSPS) is 16.6. The zero-order chi connectivity index (χ0) is 9.38. The highest BCUT2D eigenvalue weighted by Gasteiger charge is 2.00. The molecule has 0 aromatic heterocycles. The van der Waals surface area contributed by atoms with Crippen LogP contribution in [0.1, 0.15) is 24.0 Å². The molecule has 1 aromatic rings. The van der Waals surface area contributed by atoms with E-state index in [0.717, 1.165) is 12.8 Å². The van der Waals surface area contributed by atoms with Gasteiger partial charge in [0, 0.05) is 0 Å². The van der Waals surface area contributed by atoms with Crippen LogP contribution in [0.2, 0.25) is 0 Å². The summed E-state index contributed by atoms with van der Waals surface area (Å²) in [7, 11) is 0. The maximum absolute atomic E-state index is 2.29. The van der Waals surface area contributed by atoms with Crippen LogP contribution in [-0.2, 0) is 0 Å². The lowest BCUT2D eigenvalue weighted by atomic mass is 9.98. The van der Waals surface area contributed by atoms with Gasteiger partial charge in [-0.25, -0.2) is 0 Å². The van der Waals surface area contributed by atoms with Crippen molar-refractivity contribution in [1.29, 1.82) is 0 Å². The molecule has 0 heterocycles. The van der Waals surface area contributed by atoms with Crippen LogP contribution in [-0.4, -0.2) is 0 Å². The maximum atomic E-state index is 2.29. The Kier molecular flexibility index (Phi) is 1.66. The van der Waals surface area contributed by atoms with Crippen molar-refractivity contribution < 1.29 is 0 Å². The van der Waals surface area contributed by atoms with E-state index in [1.165, 1.54) is 21.6 Å². The van der Waals surface area contributed by atoms with Crippen molar-refractivity contribution in [2.24, 2.45) is 0 Å². The molecule has 0 aliphatic heterocycles. The first kappa shape index (κ1) is 7.81. The molecule has 0 radical (unpaired) electrons. The van der Waals surface area contributed by atoms with Crippen LogP contribution in [0.25, 0.3) is 24.3 Å². The lowest BCUT2D eigenvalue weighted by Gasteiger charge is -2.07. The Morgan fingerprint density at radius 2 is 1.21 bits per heavy atom. The first-order valence-electron chi connectivity index (χ1n) is 5.11. The van der Waals surface area contributed by atoms with Gasteiger partial charge >= 0.3 is 0 Å². The van der Waals surface area contributed by atoms with Crippen LogP contribution in [0.15, 0.2) is 24.3 Å². The van der Waals surface area contributed by atoms with Gasteiger partial charge in [-0.15, -0.1) is 0 Å². The predicted octanol–water partition coefficient (Wildman–Crippen LogP) is 2.08. The van der Waals surface area contributed by atoms with Gasteiger partial charge in [-0.3, -0.25) is 0 Å². The van der Waals surface area contributed by atoms with Crippen molar-refractivity contribution in [2.45, 2.75) is 12.8 Å². The molecule has 0 heteroatoms. The van der Waals surface area contributed by atoms with E-state index in [0.29, 0.717) is 0 Å². The monoisotopic (exact) mass is 180 g/mol. The summed E-state index contributed by atoms with van der Waals surface area (Å²) in [6.45, 7) is 0. The fraction of sp³-hybridized carbons (Fsp3) is 0.143. The largest absolute Gasteiger partial charge is 0.0801 e. The fourth-order valence-corrected chi connectivity index (χ4v) is 2.09. The van der Waals surface area contributed by atoms with Gasteiger partial charge in [0.2, 0.25) is 0 Å². The van der Waals surface area contributed by atoms with E-state index in [1.807, 2.05) is 0 Å². The lowest BCUT2D eigenvalue weighted by Crippen LogP contribution is -2.18. The van der Waals surface area contributed by atoms with E-state index in [1.54, 1.807) is 0 Å². The van der Waals surface area contributed by atoms with Crippen LogP contribution in [0.5, 0.6) is 0 Å². The Labute approximate surface area is 83.6 Å². The van der Waals surface area contributed by atoms with Crippen molar-refractivity contribution in [1.82, 2.24) is 0 Å². The third-order valence-corrected chi connectivity index (χ3v) is 2.83. The number of benzene rings is 1. The number of allylic oxidation sites excluding steroid dienone is 2. The summed E-state index contributed by atoms with van der Waals surface area (Å²) in [5, 5.41) is 2.76. The Balaban J connectivity index is 2.38. The second kappa shape index (κ2) is 2.98. The minimum absolute atomic E-state index is 1.07. The fourth-order valence-electron chi connectivity index (χ4n) is 2.09. The van der Waals surface area contributed by atoms with Crippen LogP contribution >= 0.6 is 0 Å². The first-order chi connectivity index (χ1) is 6.93. The van der Waals surface area contributed by atoms with Crippen LogP contribution < -0.4 is 10.4 Å². The number of hydrogen-bond donors (Lipinski definition) is 0. The lowest BCUT2D eigenvalue weighted by molar-refractivity contribution is 1.35. The summed E-state index contributed by atoms with van der Waals surface area (Å²) in [4.78, 5) is 0. The van der Waals surface area contributed by atoms with Crippen LogP contribution in [0, 0.1) is 0 Å². The molecule has 68 valence electrons. The minimum atomic E-state index is 1.07. The second-order valence-electron chi connectivity index (χ2n) is 3.79. The van der Waals surface area contributed by atoms with Gasteiger partial charge in [0.25, 0.3) is 0 Å². The standard InChI is InChI=1S/C14H12/c1-2-6-12-10-14-8-4-3-7-13(14)9-11(12)5-1/h1,4-10H,2-3H2. The van der Waals surface area contributed by atoms with Crippen molar-refractivity contribution in [2.75, 3.05) is 0 Å². The Morgan fingerprint density at radius 1 is 0.714 bits per heavy atom. The first-order valence-corrected chi connectivity index (χ1v) is 5.11. The van der Waals surface area contributed by atoms with Gasteiger partial charge in [0.15, 0.2) is 0 Å². The topological polar surface area (TPSA) is 0 Å². The van der Waals surface area contributed by atoms with E-state index < -0.39 is 0 Å². The van der Waals surface area contributed by atoms with Gasteiger partial charge in [0.1, 0.15) is 0 Å². The van der Waals surface area contributed by atoms with Gasteiger partial charge in [-0.05, 0) is 46.5 Å². The second-order valence-corrected chi connectivity index (χ2v) is 3.79. The molecule has 2 aliphatic carbocycles. The molecule has 3 rings (SSSR count). The Hall–Kier alpha value is -1.56. The summed E-state index contributed by atoms with van der Waals surface area (Å²) in [6, 6.07) is 4.58. The van der Waals surface area contributed by atoms with E-state index in [9.17, 15) is 0 Å². The van der Waals surface area contributed by atoms with Gasteiger partial charge in [-0.2, -0.15) is 0 Å². The molecule has 0 saturated carbocycles. The SMILES string of the molecule is C1=Cc2cc3c(cc2=CC1)C=CCC=3. The van der Waals surface area contributed by atoms with Gasteiger partial charge < -0.3 is 0 Å². The predicted molar refractivity (Wildman–Crippen MR) is 61.9 cm³/mol. The zero-order valence-electron chi connectivity index (χ0n) is 8.03. The van der Waals surface area contributed by atoms with Crippen LogP contribution in [0.4, 0.5) is 0 Å². The number of hydrogen-bond acceptors (Lipinski definition) is 0. The average Bonchev–Trinajstić information content (AvgIpc) is 2.26. The molecule has 2 aliphatic rings. The summed E-state index contributed by atoms with van der Waals surface area (Å²) in [6.07, 6.45) is 15.6. The quantitative estimate of drug-likeness (QED) is 0.573. The van der Waals surface area contributed by atoms with Crippen molar-refractivity contribution in [3.63, 3.8) is 0 Å². The van der Waals surface area contributed by atoms with Gasteiger partial charge in [0.05, 0.1) is 0 Å². The molecule has 0 nitrogen and oxygen atoms in total. The Morgan fingerprint density at radius 3 is 1.71 bits per heavy atom. The molecule has 1 aromatic carbocycles. The molecule has 0 fully saturated rings. The summed E-state index contributed by atoms with van der Waals surface area (Å²) >= 11 is 0. The molecule has 0 unspecified atom stereocenters. The van der Waals surface area contributed by atoms with Crippen LogP contribution in [0.3, 0.4) is 0 Å². The van der Waals surface area contributed by atoms with Gasteiger partial charge in [-0.1, -0.05) is 36.5 Å². The molecule has 0 saturated heterocycles. The van der Waals surface area contributed by atoms with Crippen molar-refractivity contribution in [3.8, 4) is 0 Å². The molecule has 0 N–H and O–H groups in total. The van der Waals surface area contributed by atoms with Crippen molar-refractivity contribution >= 4 is 24.3 Å². The van der Waals surface area contributed by atoms with E-state index in [4.69, 9.17) is 0 Å². The molecule has 0 bridgehead atoms. The third-order valence-electron chi connectivity index (χ3n) is 2.83. The minimum Gasteiger partial charge on any atom is -0.0801 e. The summed E-state index contributed by atoms with van der Waals surface area (Å²) in [5.41, 5.74) is 2.73. The molecule has 0 atom stereocenters. The summed E-state index contributed by atoms with van der Waals surface area (Å²) in [5.74, 6) is 0. The Bertz CT molecular complexity index is 490. The van der Waals surface area contributed by atoms with E-state index in [2.05, 4.69) is 48.6 Å². The molecule has 14 heavy (non-hydrogen) atoms. The highest BCUT2D eigenvalue weighted by atomic mass is 14.1. The number of fused-ring (bicyclic) bond motifs is 2. The van der Waals surface area contributed by atoms with E-state index >= 15 is 0 Å². The highest BCUT2D eigenvalue weighted by Crippen LogP contribution is 2.06. The molecular weight excluding hydrogens is 168 g/mol. The maximum Gasteiger partial charge on any atom is -0.0157 e. The third kappa shape index (κ3) is 1.15. The zero-order valence-corrected chi connectivity index (χ0v) is 8.03.